The number of rotatable bonds is 6. The largest absolute Gasteiger partial charge is 0.343 e. The van der Waals surface area contributed by atoms with Gasteiger partial charge in [0.05, 0.1) is 6.54 Å². The number of hydrogen-bond donors (Lipinski definition) is 2. The first-order valence-corrected chi connectivity index (χ1v) is 4.31. The second-order valence-corrected chi connectivity index (χ2v) is 2.70. The summed E-state index contributed by atoms with van der Waals surface area (Å²) in [6, 6.07) is 0. The van der Waals surface area contributed by atoms with Gasteiger partial charge in [-0.3, -0.25) is 4.79 Å². The van der Waals surface area contributed by atoms with E-state index in [4.69, 9.17) is 0 Å². The molecule has 0 aliphatic rings. The maximum absolute atomic E-state index is 11.2. The molecule has 1 amide bonds. The Bertz CT molecular complexity index is 136. The maximum atomic E-state index is 11.2. The zero-order chi connectivity index (χ0) is 9.40. The van der Waals surface area contributed by atoms with Gasteiger partial charge >= 0.3 is 0 Å². The van der Waals surface area contributed by atoms with Gasteiger partial charge < -0.3 is 15.5 Å². The van der Waals surface area contributed by atoms with Crippen LogP contribution in [0.15, 0.2) is 0 Å². The predicted molar refractivity (Wildman–Crippen MR) is 54.3 cm³/mol. The SMILES string of the molecule is CCNCC(=O)N(C)CCNC.[HH].[HH]. The summed E-state index contributed by atoms with van der Waals surface area (Å²) >= 11 is 0. The van der Waals surface area contributed by atoms with Crippen molar-refractivity contribution in [3.63, 3.8) is 0 Å². The Balaban J connectivity index is -0.000000605. The van der Waals surface area contributed by atoms with Crippen LogP contribution in [0.5, 0.6) is 0 Å². The van der Waals surface area contributed by atoms with Crippen LogP contribution in [-0.4, -0.2) is 51.1 Å². The van der Waals surface area contributed by atoms with Crippen molar-refractivity contribution in [1.82, 2.24) is 15.5 Å². The zero-order valence-electron chi connectivity index (χ0n) is 8.18. The van der Waals surface area contributed by atoms with E-state index >= 15 is 0 Å². The van der Waals surface area contributed by atoms with E-state index in [1.807, 2.05) is 21.0 Å². The smallest absolute Gasteiger partial charge is 0.236 e. The summed E-state index contributed by atoms with van der Waals surface area (Å²) in [5.74, 6) is 0.145. The minimum atomic E-state index is 0. The van der Waals surface area contributed by atoms with E-state index in [-0.39, 0.29) is 8.76 Å². The van der Waals surface area contributed by atoms with Crippen molar-refractivity contribution in [3.8, 4) is 0 Å². The van der Waals surface area contributed by atoms with E-state index in [1.165, 1.54) is 0 Å². The minimum Gasteiger partial charge on any atom is -0.343 e. The topological polar surface area (TPSA) is 44.4 Å². The summed E-state index contributed by atoms with van der Waals surface area (Å²) in [4.78, 5) is 13.0. The summed E-state index contributed by atoms with van der Waals surface area (Å²) in [7, 11) is 3.69. The molecule has 0 aliphatic heterocycles. The van der Waals surface area contributed by atoms with Crippen LogP contribution < -0.4 is 10.6 Å². The van der Waals surface area contributed by atoms with Gasteiger partial charge in [-0.25, -0.2) is 0 Å². The van der Waals surface area contributed by atoms with Gasteiger partial charge in [0, 0.05) is 23.0 Å². The zero-order valence-corrected chi connectivity index (χ0v) is 8.18. The van der Waals surface area contributed by atoms with Crippen molar-refractivity contribution in [2.75, 3.05) is 40.3 Å². The molecule has 0 aliphatic carbocycles. The number of likely N-dealkylation sites (N-methyl/N-ethyl adjacent to an activating group) is 3. The van der Waals surface area contributed by atoms with Crippen molar-refractivity contribution in [1.29, 1.82) is 0 Å². The molecule has 4 nitrogen and oxygen atoms in total. The van der Waals surface area contributed by atoms with Crippen LogP contribution in [0.2, 0.25) is 0 Å². The molecule has 4 heteroatoms. The molecule has 0 unspecified atom stereocenters. The van der Waals surface area contributed by atoms with Crippen LogP contribution in [0.25, 0.3) is 0 Å². The molecule has 0 aromatic heterocycles. The van der Waals surface area contributed by atoms with Crippen LogP contribution in [0.4, 0.5) is 0 Å². The van der Waals surface area contributed by atoms with Crippen LogP contribution in [0, 0.1) is 0 Å². The molecule has 0 bridgehead atoms. The summed E-state index contributed by atoms with van der Waals surface area (Å²) in [5, 5.41) is 5.99. The van der Waals surface area contributed by atoms with Gasteiger partial charge in [0.15, 0.2) is 0 Å². The lowest BCUT2D eigenvalue weighted by atomic mass is 10.4. The predicted octanol–water partition coefficient (Wildman–Crippen LogP) is -0.234. The van der Waals surface area contributed by atoms with Gasteiger partial charge in [0.25, 0.3) is 0 Å². The third-order valence-electron chi connectivity index (χ3n) is 1.65. The number of carbonyl (C=O) groups is 1. The molecule has 0 radical (unpaired) electrons. The quantitative estimate of drug-likeness (QED) is 0.589. The molecule has 0 saturated heterocycles. The van der Waals surface area contributed by atoms with Gasteiger partial charge in [0.2, 0.25) is 5.91 Å². The van der Waals surface area contributed by atoms with E-state index in [0.29, 0.717) is 6.54 Å². The van der Waals surface area contributed by atoms with Gasteiger partial charge in [-0.05, 0) is 13.6 Å². The molecule has 0 aromatic carbocycles. The second kappa shape index (κ2) is 7.06. The second-order valence-electron chi connectivity index (χ2n) is 2.70. The number of hydrogen-bond acceptors (Lipinski definition) is 3. The summed E-state index contributed by atoms with van der Waals surface area (Å²) in [6.07, 6.45) is 0. The fraction of sp³-hybridized carbons (Fsp3) is 0.875. The molecule has 0 fully saturated rings. The average molecular weight is 177 g/mol. The van der Waals surface area contributed by atoms with Crippen LogP contribution in [0.1, 0.15) is 9.78 Å². The standard InChI is InChI=1S/C8H19N3O.2H2/c1-4-10-7-8(12)11(3)6-5-9-2;;/h9-10H,4-7H2,1-3H3;2*1H. The highest BCUT2D eigenvalue weighted by Gasteiger charge is 2.05. The lowest BCUT2D eigenvalue weighted by molar-refractivity contribution is -0.128. The van der Waals surface area contributed by atoms with Crippen molar-refractivity contribution in [2.45, 2.75) is 6.92 Å². The number of carbonyl (C=O) groups excluding carboxylic acids is 1. The van der Waals surface area contributed by atoms with Crippen LogP contribution >= 0.6 is 0 Å². The fourth-order valence-electron chi connectivity index (χ4n) is 0.771. The normalized spacial score (nSPS) is 9.92. The lowest BCUT2D eigenvalue weighted by Crippen LogP contribution is -2.38. The van der Waals surface area contributed by atoms with Crippen LogP contribution in [0.3, 0.4) is 0 Å². The van der Waals surface area contributed by atoms with Crippen molar-refractivity contribution < 1.29 is 7.65 Å². The molecule has 12 heavy (non-hydrogen) atoms. The molecule has 0 saturated carbocycles. The molecule has 0 rings (SSSR count). The first kappa shape index (κ1) is 11.4. The summed E-state index contributed by atoms with van der Waals surface area (Å²) in [6.45, 7) is 4.87. The Morgan fingerprint density at radius 2 is 2.25 bits per heavy atom. The minimum absolute atomic E-state index is 0. The third-order valence-corrected chi connectivity index (χ3v) is 1.65. The van der Waals surface area contributed by atoms with Crippen molar-refractivity contribution in [2.24, 2.45) is 0 Å². The van der Waals surface area contributed by atoms with E-state index in [0.717, 1.165) is 19.6 Å². The number of nitrogens with one attached hydrogen (secondary N) is 2. The van der Waals surface area contributed by atoms with Gasteiger partial charge in [-0.2, -0.15) is 0 Å². The lowest BCUT2D eigenvalue weighted by Gasteiger charge is -2.16. The average Bonchev–Trinajstić information content (AvgIpc) is 2.10. The molecule has 2 N–H and O–H groups in total. The Labute approximate surface area is 77.3 Å². The molecule has 76 valence electrons. The van der Waals surface area contributed by atoms with Crippen molar-refractivity contribution >= 4 is 5.91 Å². The Morgan fingerprint density at radius 1 is 1.58 bits per heavy atom. The molecular weight excluding hydrogens is 154 g/mol. The molecule has 0 spiro atoms. The number of nitrogens with zero attached hydrogens (tertiary/aromatic N) is 1. The van der Waals surface area contributed by atoms with Crippen molar-refractivity contribution in [3.05, 3.63) is 0 Å². The Hall–Kier alpha value is -0.610. The molecule has 0 heterocycles. The summed E-state index contributed by atoms with van der Waals surface area (Å²) in [5.41, 5.74) is 0. The fourth-order valence-corrected chi connectivity index (χ4v) is 0.771. The highest BCUT2D eigenvalue weighted by atomic mass is 16.2. The van der Waals surface area contributed by atoms with E-state index in [1.54, 1.807) is 4.90 Å². The Morgan fingerprint density at radius 3 is 2.75 bits per heavy atom. The Kier molecular flexibility index (Phi) is 6.70. The maximum Gasteiger partial charge on any atom is 0.236 e. The van der Waals surface area contributed by atoms with Gasteiger partial charge in [-0.1, -0.05) is 6.92 Å². The molecule has 0 atom stereocenters. The molecular formula is C8H23N3O. The van der Waals surface area contributed by atoms with E-state index in [9.17, 15) is 4.79 Å². The van der Waals surface area contributed by atoms with Gasteiger partial charge in [-0.15, -0.1) is 0 Å². The molecule has 0 aromatic rings. The first-order valence-electron chi connectivity index (χ1n) is 4.31. The first-order chi connectivity index (χ1) is 5.72. The highest BCUT2D eigenvalue weighted by molar-refractivity contribution is 5.77. The van der Waals surface area contributed by atoms with Gasteiger partial charge in [0.1, 0.15) is 0 Å². The monoisotopic (exact) mass is 177 g/mol. The highest BCUT2D eigenvalue weighted by Crippen LogP contribution is 1.81. The van der Waals surface area contributed by atoms with Crippen LogP contribution in [-0.2, 0) is 4.79 Å². The third kappa shape index (κ3) is 5.09. The summed E-state index contributed by atoms with van der Waals surface area (Å²) < 4.78 is 0. The van der Waals surface area contributed by atoms with E-state index < -0.39 is 0 Å². The number of amides is 1. The van der Waals surface area contributed by atoms with E-state index in [2.05, 4.69) is 10.6 Å².